The molecule has 0 aliphatic carbocycles. The number of nitrogens with zero attached hydrogens (tertiary/aromatic N) is 1. The second-order valence-corrected chi connectivity index (χ2v) is 7.50. The van der Waals surface area contributed by atoms with E-state index in [9.17, 15) is 13.2 Å². The van der Waals surface area contributed by atoms with Crippen molar-refractivity contribution in [2.45, 2.75) is 11.4 Å². The predicted molar refractivity (Wildman–Crippen MR) is 93.3 cm³/mol. The van der Waals surface area contributed by atoms with E-state index in [1.807, 2.05) is 22.8 Å². The van der Waals surface area contributed by atoms with Crippen molar-refractivity contribution in [3.63, 3.8) is 0 Å². The van der Waals surface area contributed by atoms with Crippen molar-refractivity contribution >= 4 is 20.7 Å². The fourth-order valence-electron chi connectivity index (χ4n) is 2.51. The molecule has 24 heavy (non-hydrogen) atoms. The molecule has 3 aromatic rings. The Balaban J connectivity index is 1.76. The zero-order valence-electron chi connectivity index (χ0n) is 13.2. The van der Waals surface area contributed by atoms with Gasteiger partial charge in [-0.3, -0.25) is 4.79 Å². The summed E-state index contributed by atoms with van der Waals surface area (Å²) < 4.78 is 30.7. The Labute approximate surface area is 140 Å². The van der Waals surface area contributed by atoms with Crippen LogP contribution in [0.25, 0.3) is 10.9 Å². The molecule has 0 fully saturated rings. The lowest BCUT2D eigenvalue weighted by Crippen LogP contribution is -2.12. The molecule has 1 heterocycles. The maximum Gasteiger partial charge on any atom is 0.189 e. The van der Waals surface area contributed by atoms with E-state index in [0.29, 0.717) is 24.3 Å². The number of sulfone groups is 1. The van der Waals surface area contributed by atoms with Crippen LogP contribution in [0.5, 0.6) is 5.75 Å². The molecular formula is C18H17NO4S. The summed E-state index contributed by atoms with van der Waals surface area (Å²) in [7, 11) is -3.26. The molecule has 0 atom stereocenters. The Morgan fingerprint density at radius 1 is 1.04 bits per heavy atom. The number of hydrogen-bond acceptors (Lipinski definition) is 4. The van der Waals surface area contributed by atoms with Crippen molar-refractivity contribution in [1.82, 2.24) is 4.57 Å². The maximum atomic E-state index is 11.9. The van der Waals surface area contributed by atoms with Gasteiger partial charge in [-0.15, -0.1) is 0 Å². The second kappa shape index (κ2) is 6.49. The van der Waals surface area contributed by atoms with Crippen molar-refractivity contribution in [3.8, 4) is 5.75 Å². The van der Waals surface area contributed by atoms with Crippen LogP contribution >= 0.6 is 0 Å². The first-order chi connectivity index (χ1) is 11.4. The highest BCUT2D eigenvalue weighted by Gasteiger charge is 2.08. The van der Waals surface area contributed by atoms with Crippen LogP contribution in [0.3, 0.4) is 0 Å². The SMILES string of the molecule is CS(=O)(=O)c1cccc(OCCn2ccc(=O)c3ccccc32)c1. The number of benzene rings is 2. The van der Waals surface area contributed by atoms with Gasteiger partial charge in [0.05, 0.1) is 17.0 Å². The van der Waals surface area contributed by atoms with Crippen molar-refractivity contribution in [3.05, 3.63) is 71.0 Å². The van der Waals surface area contributed by atoms with E-state index in [4.69, 9.17) is 4.74 Å². The summed E-state index contributed by atoms with van der Waals surface area (Å²) in [5.41, 5.74) is 0.835. The number of para-hydroxylation sites is 1. The number of pyridine rings is 1. The van der Waals surface area contributed by atoms with Crippen LogP contribution in [0.1, 0.15) is 0 Å². The summed E-state index contributed by atoms with van der Waals surface area (Å²) in [6.07, 6.45) is 2.90. The molecule has 0 unspecified atom stereocenters. The largest absolute Gasteiger partial charge is 0.492 e. The summed E-state index contributed by atoms with van der Waals surface area (Å²) in [5, 5.41) is 0.666. The number of hydrogen-bond donors (Lipinski definition) is 0. The molecule has 124 valence electrons. The fraction of sp³-hybridized carbons (Fsp3) is 0.167. The van der Waals surface area contributed by atoms with E-state index < -0.39 is 9.84 Å². The molecule has 0 amide bonds. The lowest BCUT2D eigenvalue weighted by Gasteiger charge is -2.12. The Kier molecular flexibility index (Phi) is 4.40. The van der Waals surface area contributed by atoms with Crippen molar-refractivity contribution in [1.29, 1.82) is 0 Å². The van der Waals surface area contributed by atoms with Crippen molar-refractivity contribution in [2.24, 2.45) is 0 Å². The van der Waals surface area contributed by atoms with Crippen molar-refractivity contribution < 1.29 is 13.2 Å². The molecule has 0 aliphatic heterocycles. The molecule has 0 saturated carbocycles. The van der Waals surface area contributed by atoms with Gasteiger partial charge in [-0.2, -0.15) is 0 Å². The summed E-state index contributed by atoms with van der Waals surface area (Å²) >= 11 is 0. The Bertz CT molecular complexity index is 1040. The van der Waals surface area contributed by atoms with E-state index in [-0.39, 0.29) is 10.3 Å². The van der Waals surface area contributed by atoms with E-state index in [2.05, 4.69) is 0 Å². The van der Waals surface area contributed by atoms with Gasteiger partial charge in [0, 0.05) is 23.9 Å². The van der Waals surface area contributed by atoms with Gasteiger partial charge in [0.15, 0.2) is 15.3 Å². The average molecular weight is 343 g/mol. The standard InChI is InChI=1S/C18H17NO4S/c1-24(21,22)15-6-4-5-14(13-15)23-12-11-19-10-9-18(20)16-7-2-3-8-17(16)19/h2-10,13H,11-12H2,1H3. The summed E-state index contributed by atoms with van der Waals surface area (Å²) in [6, 6.07) is 15.4. The minimum atomic E-state index is -3.26. The first-order valence-electron chi connectivity index (χ1n) is 7.46. The number of rotatable bonds is 5. The van der Waals surface area contributed by atoms with Crippen LogP contribution in [0.15, 0.2) is 70.5 Å². The zero-order chi connectivity index (χ0) is 17.2. The number of aromatic nitrogens is 1. The van der Waals surface area contributed by atoms with Gasteiger partial charge in [-0.1, -0.05) is 18.2 Å². The lowest BCUT2D eigenvalue weighted by atomic mass is 10.2. The highest BCUT2D eigenvalue weighted by Crippen LogP contribution is 2.17. The van der Waals surface area contributed by atoms with Crippen LogP contribution in [-0.4, -0.2) is 25.8 Å². The van der Waals surface area contributed by atoms with E-state index in [0.717, 1.165) is 5.52 Å². The molecule has 3 rings (SSSR count). The first kappa shape index (κ1) is 16.3. The molecule has 0 bridgehead atoms. The van der Waals surface area contributed by atoms with Gasteiger partial charge < -0.3 is 9.30 Å². The molecule has 0 N–H and O–H groups in total. The monoisotopic (exact) mass is 343 g/mol. The molecular weight excluding hydrogens is 326 g/mol. The topological polar surface area (TPSA) is 65.4 Å². The van der Waals surface area contributed by atoms with Gasteiger partial charge in [-0.05, 0) is 30.3 Å². The van der Waals surface area contributed by atoms with Gasteiger partial charge in [-0.25, -0.2) is 8.42 Å². The third-order valence-electron chi connectivity index (χ3n) is 3.72. The van der Waals surface area contributed by atoms with E-state index in [1.165, 1.54) is 24.5 Å². The third-order valence-corrected chi connectivity index (χ3v) is 4.83. The van der Waals surface area contributed by atoms with Crippen LogP contribution < -0.4 is 10.2 Å². The van der Waals surface area contributed by atoms with Gasteiger partial charge >= 0.3 is 0 Å². The van der Waals surface area contributed by atoms with Crippen molar-refractivity contribution in [2.75, 3.05) is 12.9 Å². The molecule has 0 aliphatic rings. The Morgan fingerprint density at radius 2 is 1.83 bits per heavy atom. The highest BCUT2D eigenvalue weighted by atomic mass is 32.2. The molecule has 5 nitrogen and oxygen atoms in total. The molecule has 1 aromatic heterocycles. The fourth-order valence-corrected chi connectivity index (χ4v) is 3.17. The van der Waals surface area contributed by atoms with E-state index >= 15 is 0 Å². The van der Waals surface area contributed by atoms with Crippen LogP contribution in [0.4, 0.5) is 0 Å². The smallest absolute Gasteiger partial charge is 0.189 e. The molecule has 2 aromatic carbocycles. The van der Waals surface area contributed by atoms with Crippen LogP contribution in [-0.2, 0) is 16.4 Å². The van der Waals surface area contributed by atoms with Gasteiger partial charge in [0.1, 0.15) is 12.4 Å². The molecule has 6 heteroatoms. The van der Waals surface area contributed by atoms with Gasteiger partial charge in [0.25, 0.3) is 0 Å². The Morgan fingerprint density at radius 3 is 2.62 bits per heavy atom. The quantitative estimate of drug-likeness (QED) is 0.714. The summed E-state index contributed by atoms with van der Waals surface area (Å²) in [4.78, 5) is 12.1. The molecule has 0 saturated heterocycles. The minimum Gasteiger partial charge on any atom is -0.492 e. The molecule has 0 spiro atoms. The second-order valence-electron chi connectivity index (χ2n) is 5.49. The van der Waals surface area contributed by atoms with E-state index in [1.54, 1.807) is 24.4 Å². The minimum absolute atomic E-state index is 0.0105. The first-order valence-corrected chi connectivity index (χ1v) is 9.35. The Hall–Kier alpha value is -2.60. The number of ether oxygens (including phenoxy) is 1. The lowest BCUT2D eigenvalue weighted by molar-refractivity contribution is 0.299. The highest BCUT2D eigenvalue weighted by molar-refractivity contribution is 7.90. The maximum absolute atomic E-state index is 11.9. The van der Waals surface area contributed by atoms with Crippen LogP contribution in [0, 0.1) is 0 Å². The average Bonchev–Trinajstić information content (AvgIpc) is 2.57. The van der Waals surface area contributed by atoms with Gasteiger partial charge in [0.2, 0.25) is 0 Å². The van der Waals surface area contributed by atoms with Crippen LogP contribution in [0.2, 0.25) is 0 Å². The zero-order valence-corrected chi connectivity index (χ0v) is 14.0. The molecule has 0 radical (unpaired) electrons. The predicted octanol–water partition coefficient (Wildman–Crippen LogP) is 2.48. The number of fused-ring (bicyclic) bond motifs is 1. The normalized spacial score (nSPS) is 11.5. The summed E-state index contributed by atoms with van der Waals surface area (Å²) in [5.74, 6) is 0.503. The third kappa shape index (κ3) is 3.49. The summed E-state index contributed by atoms with van der Waals surface area (Å²) in [6.45, 7) is 0.907.